The van der Waals surface area contributed by atoms with E-state index in [0.29, 0.717) is 0 Å². The van der Waals surface area contributed by atoms with Gasteiger partial charge in [-0.1, -0.05) is 78.9 Å². The molecule has 0 bridgehead atoms. The van der Waals surface area contributed by atoms with E-state index < -0.39 is 7.92 Å². The Balaban J connectivity index is 2.12. The van der Waals surface area contributed by atoms with Crippen LogP contribution in [0.1, 0.15) is 0 Å². The number of hydrogen-bond donors (Lipinski definition) is 0. The highest BCUT2D eigenvalue weighted by molar-refractivity contribution is 7.79. The van der Waals surface area contributed by atoms with Crippen LogP contribution in [0.3, 0.4) is 0 Å². The average molecular weight is 261 g/mol. The van der Waals surface area contributed by atoms with Crippen LogP contribution in [-0.2, 0) is 0 Å². The molecule has 0 heterocycles. The maximum absolute atomic E-state index is 3.20. The Kier molecular flexibility index (Phi) is 3.72. The normalized spacial score (nSPS) is 10.6. The molecule has 0 nitrogen and oxygen atoms in total. The summed E-state index contributed by atoms with van der Waals surface area (Å²) in [6.07, 6.45) is 0. The molecule has 3 rings (SSSR count). The van der Waals surface area contributed by atoms with Crippen molar-refractivity contribution in [3.05, 3.63) is 91.0 Å². The molecular weight excluding hydrogens is 247 g/mol. The van der Waals surface area contributed by atoms with Crippen LogP contribution in [0.25, 0.3) is 0 Å². The van der Waals surface area contributed by atoms with Crippen LogP contribution in [0.5, 0.6) is 0 Å². The molecule has 0 saturated carbocycles. The Morgan fingerprint density at radius 3 is 1.58 bits per heavy atom. The quantitative estimate of drug-likeness (QED) is 0.635. The Morgan fingerprint density at radius 2 is 1.11 bits per heavy atom. The Hall–Kier alpha value is -1.91. The lowest BCUT2D eigenvalue weighted by molar-refractivity contribution is 1.73. The first kappa shape index (κ1) is 12.1. The largest absolute Gasteiger partial charge is 0.0622 e. The molecule has 0 aliphatic rings. The third kappa shape index (κ3) is 2.75. The molecule has 19 heavy (non-hydrogen) atoms. The first-order valence-corrected chi connectivity index (χ1v) is 7.66. The van der Waals surface area contributed by atoms with Crippen molar-refractivity contribution in [2.45, 2.75) is 0 Å². The molecule has 0 saturated heterocycles. The van der Waals surface area contributed by atoms with Gasteiger partial charge < -0.3 is 0 Å². The van der Waals surface area contributed by atoms with E-state index in [1.165, 1.54) is 15.9 Å². The maximum Gasteiger partial charge on any atom is -0.0134 e. The molecule has 0 unspecified atom stereocenters. The van der Waals surface area contributed by atoms with Crippen LogP contribution in [0.15, 0.2) is 84.9 Å². The molecule has 0 spiro atoms. The molecule has 0 amide bonds. The minimum atomic E-state index is -0.477. The van der Waals surface area contributed by atoms with E-state index in [1.807, 2.05) is 6.07 Å². The summed E-state index contributed by atoms with van der Waals surface area (Å²) in [6, 6.07) is 33.0. The molecular formula is C18H14P. The zero-order valence-electron chi connectivity index (χ0n) is 10.5. The average Bonchev–Trinajstić information content (AvgIpc) is 2.51. The van der Waals surface area contributed by atoms with Crippen LogP contribution in [0, 0.1) is 6.07 Å². The van der Waals surface area contributed by atoms with Gasteiger partial charge >= 0.3 is 0 Å². The molecule has 3 aromatic carbocycles. The van der Waals surface area contributed by atoms with Gasteiger partial charge in [-0.05, 0) is 36.0 Å². The second kappa shape index (κ2) is 5.82. The topological polar surface area (TPSA) is 0 Å². The number of rotatable bonds is 3. The lowest BCUT2D eigenvalue weighted by Gasteiger charge is -2.18. The molecule has 0 aliphatic carbocycles. The van der Waals surface area contributed by atoms with Crippen molar-refractivity contribution in [1.82, 2.24) is 0 Å². The molecule has 0 aliphatic heterocycles. The van der Waals surface area contributed by atoms with E-state index in [9.17, 15) is 0 Å². The van der Waals surface area contributed by atoms with Gasteiger partial charge in [-0.15, -0.1) is 0 Å². The van der Waals surface area contributed by atoms with E-state index in [2.05, 4.69) is 84.9 Å². The van der Waals surface area contributed by atoms with Crippen LogP contribution in [0.4, 0.5) is 0 Å². The highest BCUT2D eigenvalue weighted by atomic mass is 31.1. The van der Waals surface area contributed by atoms with Gasteiger partial charge in [-0.2, -0.15) is 0 Å². The first-order valence-electron chi connectivity index (χ1n) is 6.31. The van der Waals surface area contributed by atoms with Crippen molar-refractivity contribution in [2.75, 3.05) is 0 Å². The SMILES string of the molecule is [c]1cccc(P(c2ccccc2)c2ccccc2)c1. The lowest BCUT2D eigenvalue weighted by atomic mass is 10.4. The molecule has 0 fully saturated rings. The molecule has 1 heteroatoms. The molecule has 0 atom stereocenters. The Labute approximate surface area is 115 Å². The van der Waals surface area contributed by atoms with Gasteiger partial charge in [-0.3, -0.25) is 0 Å². The van der Waals surface area contributed by atoms with Crippen molar-refractivity contribution in [3.8, 4) is 0 Å². The predicted molar refractivity (Wildman–Crippen MR) is 84.0 cm³/mol. The van der Waals surface area contributed by atoms with Gasteiger partial charge in [0.1, 0.15) is 0 Å². The van der Waals surface area contributed by atoms with Crippen molar-refractivity contribution >= 4 is 23.8 Å². The smallest absolute Gasteiger partial charge is 0.0134 e. The summed E-state index contributed by atoms with van der Waals surface area (Å²) < 4.78 is 0. The summed E-state index contributed by atoms with van der Waals surface area (Å²) in [5, 5.41) is 4.10. The summed E-state index contributed by atoms with van der Waals surface area (Å²) in [7, 11) is -0.477. The summed E-state index contributed by atoms with van der Waals surface area (Å²) in [5.74, 6) is 0. The predicted octanol–water partition coefficient (Wildman–Crippen LogP) is 3.24. The fourth-order valence-corrected chi connectivity index (χ4v) is 4.40. The molecule has 0 N–H and O–H groups in total. The van der Waals surface area contributed by atoms with Crippen LogP contribution in [-0.4, -0.2) is 0 Å². The van der Waals surface area contributed by atoms with E-state index in [0.717, 1.165) is 0 Å². The highest BCUT2D eigenvalue weighted by Crippen LogP contribution is 2.32. The van der Waals surface area contributed by atoms with Gasteiger partial charge in [0.05, 0.1) is 0 Å². The lowest BCUT2D eigenvalue weighted by Crippen LogP contribution is -2.20. The van der Waals surface area contributed by atoms with E-state index >= 15 is 0 Å². The van der Waals surface area contributed by atoms with Crippen molar-refractivity contribution in [3.63, 3.8) is 0 Å². The number of hydrogen-bond acceptors (Lipinski definition) is 0. The summed E-state index contributed by atoms with van der Waals surface area (Å²) >= 11 is 0. The van der Waals surface area contributed by atoms with Gasteiger partial charge in [0.25, 0.3) is 0 Å². The first-order chi connectivity index (χ1) is 9.45. The second-order valence-electron chi connectivity index (χ2n) is 4.27. The van der Waals surface area contributed by atoms with Gasteiger partial charge in [-0.25, -0.2) is 0 Å². The highest BCUT2D eigenvalue weighted by Gasteiger charge is 2.14. The zero-order valence-corrected chi connectivity index (χ0v) is 11.4. The van der Waals surface area contributed by atoms with Gasteiger partial charge in [0.15, 0.2) is 0 Å². The Morgan fingerprint density at radius 1 is 0.579 bits per heavy atom. The molecule has 91 valence electrons. The molecule has 1 radical (unpaired) electrons. The summed E-state index contributed by atoms with van der Waals surface area (Å²) in [4.78, 5) is 0. The standard InChI is InChI=1S/C18H14P/c1-4-10-16(11-5-1)19(17-12-6-2-7-13-17)18-14-8-3-9-15-18/h1-8,10-15H. The molecule has 0 aromatic heterocycles. The van der Waals surface area contributed by atoms with Crippen molar-refractivity contribution < 1.29 is 0 Å². The van der Waals surface area contributed by atoms with E-state index in [-0.39, 0.29) is 0 Å². The fraction of sp³-hybridized carbons (Fsp3) is 0. The monoisotopic (exact) mass is 261 g/mol. The molecule has 3 aromatic rings. The van der Waals surface area contributed by atoms with Gasteiger partial charge in [0.2, 0.25) is 0 Å². The van der Waals surface area contributed by atoms with Gasteiger partial charge in [0, 0.05) is 0 Å². The third-order valence-corrected chi connectivity index (χ3v) is 5.40. The Bertz CT molecular complexity index is 524. The summed E-state index contributed by atoms with van der Waals surface area (Å²) in [6.45, 7) is 0. The summed E-state index contributed by atoms with van der Waals surface area (Å²) in [5.41, 5.74) is 0. The van der Waals surface area contributed by atoms with E-state index in [4.69, 9.17) is 0 Å². The van der Waals surface area contributed by atoms with Crippen molar-refractivity contribution in [1.29, 1.82) is 0 Å². The van der Waals surface area contributed by atoms with Crippen LogP contribution < -0.4 is 15.9 Å². The minimum absolute atomic E-state index is 0.477. The minimum Gasteiger partial charge on any atom is -0.0622 e. The zero-order chi connectivity index (χ0) is 12.9. The van der Waals surface area contributed by atoms with Crippen LogP contribution in [0.2, 0.25) is 0 Å². The number of benzene rings is 3. The van der Waals surface area contributed by atoms with E-state index in [1.54, 1.807) is 0 Å². The fourth-order valence-electron chi connectivity index (χ4n) is 2.12. The maximum atomic E-state index is 3.20. The van der Waals surface area contributed by atoms with Crippen molar-refractivity contribution in [2.24, 2.45) is 0 Å². The van der Waals surface area contributed by atoms with Crippen LogP contribution >= 0.6 is 7.92 Å². The third-order valence-electron chi connectivity index (χ3n) is 2.98. The second-order valence-corrected chi connectivity index (χ2v) is 6.49.